The number of benzene rings is 2. The van der Waals surface area contributed by atoms with Gasteiger partial charge in [0.2, 0.25) is 0 Å². The molecule has 0 N–H and O–H groups in total. The first-order chi connectivity index (χ1) is 13.8. The van der Waals surface area contributed by atoms with E-state index < -0.39 is 0 Å². The zero-order valence-electron chi connectivity index (χ0n) is 15.4. The Morgan fingerprint density at radius 1 is 1.00 bits per heavy atom. The molecule has 0 radical (unpaired) electrons. The molecule has 0 bridgehead atoms. The van der Waals surface area contributed by atoms with Crippen molar-refractivity contribution in [3.05, 3.63) is 73.2 Å². The summed E-state index contributed by atoms with van der Waals surface area (Å²) >= 11 is 0. The second kappa shape index (κ2) is 6.82. The van der Waals surface area contributed by atoms with Gasteiger partial charge in [-0.3, -0.25) is 0 Å². The average molecular weight is 365 g/mol. The van der Waals surface area contributed by atoms with Crippen LogP contribution in [0.5, 0.6) is 0 Å². The summed E-state index contributed by atoms with van der Waals surface area (Å²) in [6.45, 7) is 1.56. The Kier molecular flexibility index (Phi) is 4.02. The maximum absolute atomic E-state index is 9.12. The second-order valence-electron chi connectivity index (χ2n) is 7.13. The van der Waals surface area contributed by atoms with Crippen LogP contribution in [0.25, 0.3) is 33.4 Å². The SMILES string of the molecule is N#CN1CCC(n2cnc(-c3cc(-c4ccccc4)nc4ccccc34)c2)C1. The fraction of sp³-hybridized carbons (Fsp3) is 0.174. The van der Waals surface area contributed by atoms with Crippen LogP contribution < -0.4 is 0 Å². The van der Waals surface area contributed by atoms with E-state index in [1.165, 1.54) is 0 Å². The molecule has 5 nitrogen and oxygen atoms in total. The number of nitrogens with zero attached hydrogens (tertiary/aromatic N) is 5. The van der Waals surface area contributed by atoms with Gasteiger partial charge in [0, 0.05) is 35.8 Å². The van der Waals surface area contributed by atoms with Gasteiger partial charge in [-0.15, -0.1) is 0 Å². The van der Waals surface area contributed by atoms with Gasteiger partial charge >= 0.3 is 0 Å². The van der Waals surface area contributed by atoms with E-state index in [-0.39, 0.29) is 0 Å². The van der Waals surface area contributed by atoms with Crippen molar-refractivity contribution < 1.29 is 0 Å². The predicted molar refractivity (Wildman–Crippen MR) is 109 cm³/mol. The Bertz CT molecular complexity index is 1170. The van der Waals surface area contributed by atoms with Gasteiger partial charge in [0.1, 0.15) is 0 Å². The van der Waals surface area contributed by atoms with Crippen molar-refractivity contribution in [3.63, 3.8) is 0 Å². The van der Waals surface area contributed by atoms with Crippen LogP contribution in [0, 0.1) is 11.5 Å². The van der Waals surface area contributed by atoms with Crippen molar-refractivity contribution in [2.45, 2.75) is 12.5 Å². The molecule has 2 aromatic carbocycles. The van der Waals surface area contributed by atoms with Gasteiger partial charge in [-0.05, 0) is 18.6 Å². The second-order valence-corrected chi connectivity index (χ2v) is 7.13. The summed E-state index contributed by atoms with van der Waals surface area (Å²) in [5, 5.41) is 10.2. The van der Waals surface area contributed by atoms with Gasteiger partial charge in [0.25, 0.3) is 0 Å². The van der Waals surface area contributed by atoms with E-state index in [9.17, 15) is 0 Å². The summed E-state index contributed by atoms with van der Waals surface area (Å²) < 4.78 is 2.14. The third-order valence-electron chi connectivity index (χ3n) is 5.39. The molecule has 1 aliphatic heterocycles. The minimum atomic E-state index is 0.294. The van der Waals surface area contributed by atoms with Crippen molar-refractivity contribution >= 4 is 10.9 Å². The van der Waals surface area contributed by atoms with Gasteiger partial charge < -0.3 is 9.47 Å². The summed E-state index contributed by atoms with van der Waals surface area (Å²) in [6.07, 6.45) is 7.20. The predicted octanol–water partition coefficient (Wildman–Crippen LogP) is 4.49. The van der Waals surface area contributed by atoms with Crippen LogP contribution in [0.1, 0.15) is 12.5 Å². The molecule has 0 aliphatic carbocycles. The Balaban J connectivity index is 1.60. The number of fused-ring (bicyclic) bond motifs is 1. The molecule has 1 unspecified atom stereocenters. The number of rotatable bonds is 3. The van der Waals surface area contributed by atoms with Crippen molar-refractivity contribution in [1.82, 2.24) is 19.4 Å². The smallest absolute Gasteiger partial charge is 0.179 e. The largest absolute Gasteiger partial charge is 0.332 e. The summed E-state index contributed by atoms with van der Waals surface area (Å²) in [4.78, 5) is 11.4. The highest BCUT2D eigenvalue weighted by molar-refractivity contribution is 5.95. The highest BCUT2D eigenvalue weighted by atomic mass is 15.2. The first-order valence-corrected chi connectivity index (χ1v) is 9.45. The first kappa shape index (κ1) is 16.5. The van der Waals surface area contributed by atoms with Crippen molar-refractivity contribution in [2.24, 2.45) is 0 Å². The van der Waals surface area contributed by atoms with Gasteiger partial charge in [-0.1, -0.05) is 48.5 Å². The monoisotopic (exact) mass is 365 g/mol. The molecule has 1 aliphatic rings. The molecule has 0 amide bonds. The van der Waals surface area contributed by atoms with E-state index >= 15 is 0 Å². The number of nitriles is 1. The van der Waals surface area contributed by atoms with Gasteiger partial charge in [-0.25, -0.2) is 9.97 Å². The zero-order chi connectivity index (χ0) is 18.9. The lowest BCUT2D eigenvalue weighted by Crippen LogP contribution is -2.15. The Labute approximate surface area is 163 Å². The molecule has 0 spiro atoms. The molecule has 5 rings (SSSR count). The molecule has 4 aromatic rings. The van der Waals surface area contributed by atoms with E-state index in [0.717, 1.165) is 52.9 Å². The van der Waals surface area contributed by atoms with E-state index in [1.54, 1.807) is 4.90 Å². The quantitative estimate of drug-likeness (QED) is 0.502. The Morgan fingerprint density at radius 2 is 1.82 bits per heavy atom. The van der Waals surface area contributed by atoms with Crippen molar-refractivity contribution in [1.29, 1.82) is 5.26 Å². The zero-order valence-corrected chi connectivity index (χ0v) is 15.4. The van der Waals surface area contributed by atoms with E-state index in [2.05, 4.69) is 41.2 Å². The fourth-order valence-electron chi connectivity index (χ4n) is 3.90. The number of para-hydroxylation sites is 1. The maximum atomic E-state index is 9.12. The highest BCUT2D eigenvalue weighted by Crippen LogP contribution is 2.32. The standard InChI is InChI=1S/C23H19N5/c24-15-27-11-10-18(13-27)28-14-23(25-16-28)20-12-22(17-6-2-1-3-7-17)26-21-9-5-4-8-19(20)21/h1-9,12,14,16,18H,10-11,13H2. The van der Waals surface area contributed by atoms with Crippen LogP contribution in [0.3, 0.4) is 0 Å². The van der Waals surface area contributed by atoms with Crippen LogP contribution >= 0.6 is 0 Å². The number of hydrogen-bond donors (Lipinski definition) is 0. The molecule has 136 valence electrons. The molecular weight excluding hydrogens is 346 g/mol. The van der Waals surface area contributed by atoms with Crippen molar-refractivity contribution in [2.75, 3.05) is 13.1 Å². The maximum Gasteiger partial charge on any atom is 0.179 e. The molecule has 0 saturated carbocycles. The summed E-state index contributed by atoms with van der Waals surface area (Å²) in [5.41, 5.74) is 5.02. The summed E-state index contributed by atoms with van der Waals surface area (Å²) in [5.74, 6) is 0. The van der Waals surface area contributed by atoms with Crippen molar-refractivity contribution in [3.8, 4) is 28.7 Å². The Morgan fingerprint density at radius 3 is 2.64 bits per heavy atom. The molecule has 28 heavy (non-hydrogen) atoms. The van der Waals surface area contributed by atoms with Crippen LogP contribution in [0.15, 0.2) is 73.2 Å². The van der Waals surface area contributed by atoms with Crippen LogP contribution in [0.2, 0.25) is 0 Å². The number of pyridine rings is 1. The fourth-order valence-corrected chi connectivity index (χ4v) is 3.90. The summed E-state index contributed by atoms with van der Waals surface area (Å²) in [7, 11) is 0. The van der Waals surface area contributed by atoms with E-state index in [1.807, 2.05) is 42.7 Å². The number of imidazole rings is 1. The molecular formula is C23H19N5. The average Bonchev–Trinajstić information content (AvgIpc) is 3.43. The van der Waals surface area contributed by atoms with Gasteiger partial charge in [0.05, 0.1) is 29.3 Å². The highest BCUT2D eigenvalue weighted by Gasteiger charge is 2.23. The van der Waals surface area contributed by atoms with Crippen LogP contribution in [0.4, 0.5) is 0 Å². The lowest BCUT2D eigenvalue weighted by Gasteiger charge is -2.11. The topological polar surface area (TPSA) is 57.7 Å². The molecule has 1 fully saturated rings. The molecule has 3 heterocycles. The molecule has 1 saturated heterocycles. The minimum absolute atomic E-state index is 0.294. The number of aromatic nitrogens is 3. The van der Waals surface area contributed by atoms with Gasteiger partial charge in [0.15, 0.2) is 6.19 Å². The number of hydrogen-bond acceptors (Lipinski definition) is 4. The molecule has 1 atom stereocenters. The lowest BCUT2D eigenvalue weighted by molar-refractivity contribution is 0.447. The van der Waals surface area contributed by atoms with Crippen LogP contribution in [-0.4, -0.2) is 32.5 Å². The van der Waals surface area contributed by atoms with Crippen LogP contribution in [-0.2, 0) is 0 Å². The normalized spacial score (nSPS) is 16.4. The third kappa shape index (κ3) is 2.89. The molecule has 2 aromatic heterocycles. The molecule has 5 heteroatoms. The Hall–Kier alpha value is -3.65. The summed E-state index contributed by atoms with van der Waals surface area (Å²) in [6, 6.07) is 20.8. The van der Waals surface area contributed by atoms with Gasteiger partial charge in [-0.2, -0.15) is 5.26 Å². The van der Waals surface area contributed by atoms with E-state index in [4.69, 9.17) is 15.2 Å². The lowest BCUT2D eigenvalue weighted by atomic mass is 10.0. The third-order valence-corrected chi connectivity index (χ3v) is 5.39. The minimum Gasteiger partial charge on any atom is -0.332 e. The van der Waals surface area contributed by atoms with E-state index in [0.29, 0.717) is 6.04 Å². The number of likely N-dealkylation sites (tertiary alicyclic amines) is 1. The first-order valence-electron chi connectivity index (χ1n) is 9.45.